The summed E-state index contributed by atoms with van der Waals surface area (Å²) >= 11 is 0. The second-order valence-electron chi connectivity index (χ2n) is 3.04. The van der Waals surface area contributed by atoms with Gasteiger partial charge in [-0.2, -0.15) is 0 Å². The lowest BCUT2D eigenvalue weighted by Gasteiger charge is -2.07. The Balaban J connectivity index is 2.31. The van der Waals surface area contributed by atoms with E-state index in [4.69, 9.17) is 5.41 Å². The molecule has 0 heterocycles. The summed E-state index contributed by atoms with van der Waals surface area (Å²) in [6.45, 7) is 4.31. The zero-order valence-corrected chi connectivity index (χ0v) is 6.28. The molecule has 52 valence electrons. The lowest BCUT2D eigenvalue weighted by atomic mass is 9.99. The Labute approximate surface area is 57.0 Å². The molecule has 0 spiro atoms. The Bertz CT molecular complexity index is 114. The van der Waals surface area contributed by atoms with E-state index in [9.17, 15) is 0 Å². The largest absolute Gasteiger partial charge is 0.309 e. The van der Waals surface area contributed by atoms with Crippen molar-refractivity contribution in [3.8, 4) is 0 Å². The van der Waals surface area contributed by atoms with Gasteiger partial charge in [-0.15, -0.1) is 0 Å². The monoisotopic (exact) mass is 125 g/mol. The van der Waals surface area contributed by atoms with Crippen molar-refractivity contribution in [2.75, 3.05) is 0 Å². The van der Waals surface area contributed by atoms with Crippen molar-refractivity contribution in [3.63, 3.8) is 0 Å². The van der Waals surface area contributed by atoms with Crippen molar-refractivity contribution >= 4 is 5.71 Å². The Kier molecular flexibility index (Phi) is 1.89. The van der Waals surface area contributed by atoms with Crippen molar-refractivity contribution in [2.45, 2.75) is 33.1 Å². The molecule has 1 aliphatic carbocycles. The molecule has 0 saturated heterocycles. The first-order valence-electron chi connectivity index (χ1n) is 3.84. The van der Waals surface area contributed by atoms with E-state index in [1.165, 1.54) is 12.8 Å². The summed E-state index contributed by atoms with van der Waals surface area (Å²) in [7, 11) is 0. The van der Waals surface area contributed by atoms with Gasteiger partial charge in [-0.1, -0.05) is 13.8 Å². The maximum Gasteiger partial charge on any atom is 0.0148 e. The van der Waals surface area contributed by atoms with E-state index in [1.54, 1.807) is 0 Å². The van der Waals surface area contributed by atoms with Gasteiger partial charge in [0.05, 0.1) is 0 Å². The zero-order chi connectivity index (χ0) is 6.85. The fourth-order valence-corrected chi connectivity index (χ4v) is 1.02. The minimum Gasteiger partial charge on any atom is -0.309 e. The molecule has 9 heavy (non-hydrogen) atoms. The molecular formula is C8H15N. The normalized spacial score (nSPS) is 21.6. The van der Waals surface area contributed by atoms with Crippen molar-refractivity contribution in [1.82, 2.24) is 0 Å². The summed E-state index contributed by atoms with van der Waals surface area (Å²) in [4.78, 5) is 0. The van der Waals surface area contributed by atoms with Crippen LogP contribution in [0.5, 0.6) is 0 Å². The SMILES string of the molecule is CCC(C)C(=N)C1CC1. The lowest BCUT2D eigenvalue weighted by molar-refractivity contribution is 0.712. The minimum absolute atomic E-state index is 0.539. The maximum absolute atomic E-state index is 7.61. The first-order chi connectivity index (χ1) is 4.25. The highest BCUT2D eigenvalue weighted by molar-refractivity contribution is 5.87. The molecule has 1 heteroatoms. The molecule has 1 N–H and O–H groups in total. The van der Waals surface area contributed by atoms with Crippen LogP contribution in [0.15, 0.2) is 0 Å². The van der Waals surface area contributed by atoms with Crippen LogP contribution in [-0.4, -0.2) is 5.71 Å². The van der Waals surface area contributed by atoms with E-state index in [0.717, 1.165) is 12.1 Å². The molecule has 1 fully saturated rings. The van der Waals surface area contributed by atoms with E-state index < -0.39 is 0 Å². The van der Waals surface area contributed by atoms with Gasteiger partial charge >= 0.3 is 0 Å². The van der Waals surface area contributed by atoms with Crippen molar-refractivity contribution in [2.24, 2.45) is 11.8 Å². The molecule has 1 aliphatic rings. The first kappa shape index (κ1) is 6.79. The second kappa shape index (κ2) is 2.51. The molecule has 0 radical (unpaired) electrons. The summed E-state index contributed by atoms with van der Waals surface area (Å²) in [5.41, 5.74) is 0.998. The predicted molar refractivity (Wildman–Crippen MR) is 39.9 cm³/mol. The third-order valence-corrected chi connectivity index (χ3v) is 2.16. The molecule has 0 amide bonds. The van der Waals surface area contributed by atoms with Crippen LogP contribution in [0.1, 0.15) is 33.1 Å². The highest BCUT2D eigenvalue weighted by Crippen LogP contribution is 2.33. The third-order valence-electron chi connectivity index (χ3n) is 2.16. The third kappa shape index (κ3) is 1.54. The maximum atomic E-state index is 7.61. The van der Waals surface area contributed by atoms with E-state index in [0.29, 0.717) is 11.8 Å². The van der Waals surface area contributed by atoms with Gasteiger partial charge in [0.25, 0.3) is 0 Å². The molecule has 1 unspecified atom stereocenters. The standard InChI is InChI=1S/C8H15N/c1-3-6(2)8(9)7-4-5-7/h6-7,9H,3-5H2,1-2H3. The highest BCUT2D eigenvalue weighted by Gasteiger charge is 2.28. The van der Waals surface area contributed by atoms with Crippen LogP contribution in [0.3, 0.4) is 0 Å². The molecule has 1 saturated carbocycles. The number of rotatable bonds is 3. The van der Waals surface area contributed by atoms with Gasteiger partial charge in [0, 0.05) is 5.71 Å². The molecule has 0 aromatic rings. The Morgan fingerprint density at radius 1 is 1.67 bits per heavy atom. The molecule has 0 bridgehead atoms. The highest BCUT2D eigenvalue weighted by atomic mass is 14.5. The van der Waals surface area contributed by atoms with Gasteiger partial charge in [-0.3, -0.25) is 0 Å². The molecule has 0 aromatic carbocycles. The lowest BCUT2D eigenvalue weighted by Crippen LogP contribution is -2.10. The number of nitrogens with one attached hydrogen (secondary N) is 1. The fourth-order valence-electron chi connectivity index (χ4n) is 1.02. The van der Waals surface area contributed by atoms with Crippen LogP contribution in [0.4, 0.5) is 0 Å². The average Bonchev–Trinajstić information content (AvgIpc) is 2.66. The van der Waals surface area contributed by atoms with E-state index in [-0.39, 0.29) is 0 Å². The minimum atomic E-state index is 0.539. The quantitative estimate of drug-likeness (QED) is 0.560. The molecule has 1 atom stereocenters. The van der Waals surface area contributed by atoms with E-state index in [1.807, 2.05) is 0 Å². The van der Waals surface area contributed by atoms with E-state index >= 15 is 0 Å². The van der Waals surface area contributed by atoms with Crippen LogP contribution in [-0.2, 0) is 0 Å². The smallest absolute Gasteiger partial charge is 0.0148 e. The zero-order valence-electron chi connectivity index (χ0n) is 6.28. The van der Waals surface area contributed by atoms with Crippen LogP contribution < -0.4 is 0 Å². The molecular weight excluding hydrogens is 110 g/mol. The van der Waals surface area contributed by atoms with Crippen molar-refractivity contribution in [1.29, 1.82) is 5.41 Å². The number of hydrogen-bond donors (Lipinski definition) is 1. The fraction of sp³-hybridized carbons (Fsp3) is 0.875. The van der Waals surface area contributed by atoms with Crippen LogP contribution in [0.2, 0.25) is 0 Å². The summed E-state index contributed by atoms with van der Waals surface area (Å²) < 4.78 is 0. The summed E-state index contributed by atoms with van der Waals surface area (Å²) in [6.07, 6.45) is 3.70. The van der Waals surface area contributed by atoms with Gasteiger partial charge in [-0.25, -0.2) is 0 Å². The van der Waals surface area contributed by atoms with Gasteiger partial charge in [0.2, 0.25) is 0 Å². The van der Waals surface area contributed by atoms with Gasteiger partial charge in [-0.05, 0) is 31.1 Å². The molecule has 0 aromatic heterocycles. The molecule has 0 aliphatic heterocycles. The second-order valence-corrected chi connectivity index (χ2v) is 3.04. The molecule has 1 rings (SSSR count). The first-order valence-corrected chi connectivity index (χ1v) is 3.84. The van der Waals surface area contributed by atoms with E-state index in [2.05, 4.69) is 13.8 Å². The Morgan fingerprint density at radius 3 is 2.56 bits per heavy atom. The summed E-state index contributed by atoms with van der Waals surface area (Å²) in [5.74, 6) is 1.22. The van der Waals surface area contributed by atoms with Crippen molar-refractivity contribution in [3.05, 3.63) is 0 Å². The average molecular weight is 125 g/mol. The predicted octanol–water partition coefficient (Wildman–Crippen LogP) is 2.46. The Hall–Kier alpha value is -0.330. The van der Waals surface area contributed by atoms with Gasteiger partial charge in [0.1, 0.15) is 0 Å². The number of hydrogen-bond acceptors (Lipinski definition) is 1. The summed E-state index contributed by atoms with van der Waals surface area (Å²) in [5, 5.41) is 7.61. The van der Waals surface area contributed by atoms with Crippen LogP contribution in [0.25, 0.3) is 0 Å². The summed E-state index contributed by atoms with van der Waals surface area (Å²) in [6, 6.07) is 0. The van der Waals surface area contributed by atoms with Crippen molar-refractivity contribution < 1.29 is 0 Å². The van der Waals surface area contributed by atoms with Crippen LogP contribution in [0, 0.1) is 17.2 Å². The molecule has 1 nitrogen and oxygen atoms in total. The topological polar surface area (TPSA) is 23.9 Å². The van der Waals surface area contributed by atoms with Gasteiger partial charge in [0.15, 0.2) is 0 Å². The van der Waals surface area contributed by atoms with Crippen LogP contribution >= 0.6 is 0 Å². The Morgan fingerprint density at radius 2 is 2.22 bits per heavy atom. The van der Waals surface area contributed by atoms with Gasteiger partial charge < -0.3 is 5.41 Å².